The first-order chi connectivity index (χ1) is 9.36. The zero-order chi connectivity index (χ0) is 15.6. The summed E-state index contributed by atoms with van der Waals surface area (Å²) in [6.45, 7) is 5.45. The van der Waals surface area contributed by atoms with Crippen molar-refractivity contribution in [2.45, 2.75) is 78.2 Å². The Morgan fingerprint density at radius 3 is 1.20 bits per heavy atom. The number of hydrogen-bond acceptors (Lipinski definition) is 7. The summed E-state index contributed by atoms with van der Waals surface area (Å²) >= 11 is 0. The van der Waals surface area contributed by atoms with E-state index in [2.05, 4.69) is 0 Å². The molecule has 3 N–H and O–H groups in total. The Bertz CT molecular complexity index is 244. The number of hydrogen-bond donors (Lipinski definition) is 3. The minimum Gasteiger partial charge on any atom is -0.367 e. The van der Waals surface area contributed by atoms with Gasteiger partial charge in [-0.3, -0.25) is 13.6 Å². The second kappa shape index (κ2) is 10.7. The van der Waals surface area contributed by atoms with Gasteiger partial charge in [-0.25, -0.2) is 4.57 Å². The summed E-state index contributed by atoms with van der Waals surface area (Å²) in [5.41, 5.74) is 0. The molecule has 0 fully saturated rings. The molecule has 0 heterocycles. The molecule has 0 aliphatic rings. The van der Waals surface area contributed by atoms with E-state index < -0.39 is 26.7 Å². The van der Waals surface area contributed by atoms with E-state index >= 15 is 0 Å². The first-order valence-corrected chi connectivity index (χ1v) is 8.52. The highest BCUT2D eigenvalue weighted by molar-refractivity contribution is 7.48. The van der Waals surface area contributed by atoms with Gasteiger partial charge in [-0.2, -0.15) is 0 Å². The molecule has 3 atom stereocenters. The first kappa shape index (κ1) is 20.0. The van der Waals surface area contributed by atoms with Crippen LogP contribution in [0.1, 0.15) is 59.3 Å². The average molecular weight is 314 g/mol. The van der Waals surface area contributed by atoms with Gasteiger partial charge in [0, 0.05) is 0 Å². The van der Waals surface area contributed by atoms with Crippen molar-refractivity contribution in [1.29, 1.82) is 0 Å². The molecule has 0 aliphatic carbocycles. The van der Waals surface area contributed by atoms with Crippen molar-refractivity contribution in [3.63, 3.8) is 0 Å². The molecular formula is C12H27O7P. The van der Waals surface area contributed by atoms with Crippen molar-refractivity contribution in [2.75, 3.05) is 0 Å². The summed E-state index contributed by atoms with van der Waals surface area (Å²) in [6, 6.07) is 0. The lowest BCUT2D eigenvalue weighted by molar-refractivity contribution is -0.123. The average Bonchev–Trinajstić information content (AvgIpc) is 2.28. The van der Waals surface area contributed by atoms with E-state index in [4.69, 9.17) is 13.6 Å². The fourth-order valence-electron chi connectivity index (χ4n) is 1.42. The van der Waals surface area contributed by atoms with E-state index in [-0.39, 0.29) is 19.3 Å². The van der Waals surface area contributed by atoms with Crippen LogP contribution < -0.4 is 0 Å². The minimum absolute atomic E-state index is 0.241. The molecule has 20 heavy (non-hydrogen) atoms. The van der Waals surface area contributed by atoms with Gasteiger partial charge in [0.25, 0.3) is 0 Å². The maximum Gasteiger partial charge on any atom is 0.481 e. The maximum absolute atomic E-state index is 12.3. The van der Waals surface area contributed by atoms with Crippen molar-refractivity contribution in [2.24, 2.45) is 0 Å². The minimum atomic E-state index is -4.23. The highest BCUT2D eigenvalue weighted by atomic mass is 31.2. The fraction of sp³-hybridized carbons (Fsp3) is 1.00. The summed E-state index contributed by atoms with van der Waals surface area (Å²) in [5, 5.41) is 28.7. The SMILES string of the molecule is CCCC(O)OP(=O)(OC(O)CCC)OC(O)CCC. The molecule has 8 heteroatoms. The van der Waals surface area contributed by atoms with E-state index in [1.165, 1.54) is 0 Å². The quantitative estimate of drug-likeness (QED) is 0.375. The first-order valence-electron chi connectivity index (χ1n) is 7.06. The largest absolute Gasteiger partial charge is 0.481 e. The molecule has 0 saturated heterocycles. The molecule has 0 aliphatic heterocycles. The van der Waals surface area contributed by atoms with Crippen molar-refractivity contribution in [3.05, 3.63) is 0 Å². The Morgan fingerprint density at radius 2 is 1.00 bits per heavy atom. The van der Waals surface area contributed by atoms with E-state index in [0.717, 1.165) is 0 Å². The van der Waals surface area contributed by atoms with Crippen molar-refractivity contribution in [3.8, 4) is 0 Å². The second-order valence-corrected chi connectivity index (χ2v) is 6.02. The molecule has 122 valence electrons. The molecule has 0 spiro atoms. The molecule has 7 nitrogen and oxygen atoms in total. The molecule has 0 aromatic carbocycles. The number of aliphatic hydroxyl groups is 3. The molecular weight excluding hydrogens is 287 g/mol. The number of rotatable bonds is 12. The Hall–Kier alpha value is -0.0100. The van der Waals surface area contributed by atoms with Crippen LogP contribution in [-0.2, 0) is 18.1 Å². The van der Waals surface area contributed by atoms with Gasteiger partial charge in [-0.05, 0) is 19.3 Å². The highest BCUT2D eigenvalue weighted by Crippen LogP contribution is 2.53. The van der Waals surface area contributed by atoms with Crippen LogP contribution in [0.2, 0.25) is 0 Å². The predicted octanol–water partition coefficient (Wildman–Crippen LogP) is 2.50. The van der Waals surface area contributed by atoms with Crippen molar-refractivity contribution < 1.29 is 33.5 Å². The van der Waals surface area contributed by atoms with Gasteiger partial charge in [-0.1, -0.05) is 40.0 Å². The lowest BCUT2D eigenvalue weighted by Gasteiger charge is -2.24. The van der Waals surface area contributed by atoms with E-state index in [1.54, 1.807) is 0 Å². The molecule has 0 aromatic rings. The lowest BCUT2D eigenvalue weighted by Crippen LogP contribution is -2.20. The Labute approximate surface area is 120 Å². The third kappa shape index (κ3) is 9.02. The van der Waals surface area contributed by atoms with Crippen LogP contribution in [0.4, 0.5) is 0 Å². The monoisotopic (exact) mass is 314 g/mol. The number of aliphatic hydroxyl groups excluding tert-OH is 3. The summed E-state index contributed by atoms with van der Waals surface area (Å²) in [5.74, 6) is 0. The molecule has 0 saturated carbocycles. The van der Waals surface area contributed by atoms with Crippen LogP contribution >= 0.6 is 7.82 Å². The lowest BCUT2D eigenvalue weighted by atomic mass is 10.3. The fourth-order valence-corrected chi connectivity index (χ4v) is 2.78. The van der Waals surface area contributed by atoms with E-state index in [0.29, 0.717) is 19.3 Å². The standard InChI is InChI=1S/C12H27O7P/c1-4-7-10(13)17-20(16,18-11(14)8-5-2)19-12(15)9-6-3/h10-15H,4-9H2,1-3H3. The molecule has 0 rings (SSSR count). The molecule has 0 bridgehead atoms. The summed E-state index contributed by atoms with van der Waals surface area (Å²) in [4.78, 5) is 0. The highest BCUT2D eigenvalue weighted by Gasteiger charge is 2.35. The molecule has 3 unspecified atom stereocenters. The Morgan fingerprint density at radius 1 is 0.750 bits per heavy atom. The number of phosphoric ester groups is 1. The van der Waals surface area contributed by atoms with Crippen LogP contribution in [0.3, 0.4) is 0 Å². The van der Waals surface area contributed by atoms with Gasteiger partial charge in [0.05, 0.1) is 0 Å². The van der Waals surface area contributed by atoms with Crippen LogP contribution in [0.15, 0.2) is 0 Å². The van der Waals surface area contributed by atoms with Crippen LogP contribution in [0, 0.1) is 0 Å². The second-order valence-electron chi connectivity index (χ2n) is 4.49. The summed E-state index contributed by atoms with van der Waals surface area (Å²) in [7, 11) is -4.23. The van der Waals surface area contributed by atoms with Gasteiger partial charge in [0.2, 0.25) is 0 Å². The van der Waals surface area contributed by atoms with Gasteiger partial charge >= 0.3 is 7.82 Å². The maximum atomic E-state index is 12.3. The number of phosphoric acid groups is 1. The normalized spacial score (nSPS) is 19.3. The third-order valence-electron chi connectivity index (χ3n) is 2.36. The van der Waals surface area contributed by atoms with Gasteiger partial charge in [-0.15, -0.1) is 0 Å². The van der Waals surface area contributed by atoms with Gasteiger partial charge in [0.15, 0.2) is 18.9 Å². The van der Waals surface area contributed by atoms with Crippen LogP contribution in [0.25, 0.3) is 0 Å². The Balaban J connectivity index is 4.69. The Kier molecular flexibility index (Phi) is 10.7. The zero-order valence-corrected chi connectivity index (χ0v) is 13.3. The summed E-state index contributed by atoms with van der Waals surface area (Å²) < 4.78 is 26.9. The van der Waals surface area contributed by atoms with Gasteiger partial charge < -0.3 is 15.3 Å². The molecule has 0 radical (unpaired) electrons. The van der Waals surface area contributed by atoms with E-state index in [9.17, 15) is 19.9 Å². The molecule has 0 amide bonds. The summed E-state index contributed by atoms with van der Waals surface area (Å²) in [6.07, 6.45) is -1.47. The predicted molar refractivity (Wildman–Crippen MR) is 73.6 cm³/mol. The van der Waals surface area contributed by atoms with Crippen molar-refractivity contribution in [1.82, 2.24) is 0 Å². The van der Waals surface area contributed by atoms with Crippen LogP contribution in [0.5, 0.6) is 0 Å². The third-order valence-corrected chi connectivity index (χ3v) is 3.86. The van der Waals surface area contributed by atoms with E-state index in [1.807, 2.05) is 20.8 Å². The zero-order valence-electron chi connectivity index (χ0n) is 12.4. The topological polar surface area (TPSA) is 105 Å². The molecule has 0 aromatic heterocycles. The van der Waals surface area contributed by atoms with Gasteiger partial charge in [0.1, 0.15) is 0 Å². The van der Waals surface area contributed by atoms with Crippen LogP contribution in [-0.4, -0.2) is 34.2 Å². The smallest absolute Gasteiger partial charge is 0.367 e. The van der Waals surface area contributed by atoms with Crippen molar-refractivity contribution >= 4 is 7.82 Å².